The SMILES string of the molecule is Cn1ncc2c(N3CCC(COc4ccc5nnc(C(F)(F)F)n5n4)C3)ncnc21. The highest BCUT2D eigenvalue weighted by Crippen LogP contribution is 2.29. The molecule has 10 nitrogen and oxygen atoms in total. The van der Waals surface area contributed by atoms with Crippen LogP contribution in [0.3, 0.4) is 0 Å². The monoisotopic (exact) mass is 419 g/mol. The van der Waals surface area contributed by atoms with Crippen molar-refractivity contribution < 1.29 is 17.9 Å². The lowest BCUT2D eigenvalue weighted by atomic mass is 10.1. The molecule has 1 aliphatic rings. The molecule has 1 saturated heterocycles. The van der Waals surface area contributed by atoms with E-state index in [9.17, 15) is 13.2 Å². The van der Waals surface area contributed by atoms with E-state index in [-0.39, 0.29) is 17.4 Å². The molecule has 5 rings (SSSR count). The second kappa shape index (κ2) is 6.78. The Labute approximate surface area is 167 Å². The Morgan fingerprint density at radius 2 is 2.07 bits per heavy atom. The van der Waals surface area contributed by atoms with E-state index in [1.165, 1.54) is 18.5 Å². The van der Waals surface area contributed by atoms with Gasteiger partial charge >= 0.3 is 6.18 Å². The Kier molecular flexibility index (Phi) is 4.18. The Morgan fingerprint density at radius 3 is 2.90 bits per heavy atom. The van der Waals surface area contributed by atoms with Gasteiger partial charge in [-0.25, -0.2) is 9.97 Å². The Morgan fingerprint density at radius 1 is 1.20 bits per heavy atom. The van der Waals surface area contributed by atoms with Gasteiger partial charge in [-0.2, -0.15) is 22.8 Å². The molecule has 156 valence electrons. The fourth-order valence-corrected chi connectivity index (χ4v) is 3.59. The van der Waals surface area contributed by atoms with Crippen LogP contribution in [-0.2, 0) is 13.2 Å². The summed E-state index contributed by atoms with van der Waals surface area (Å²) in [7, 11) is 1.82. The average molecular weight is 419 g/mol. The number of rotatable bonds is 4. The van der Waals surface area contributed by atoms with E-state index in [0.717, 1.165) is 29.8 Å². The maximum Gasteiger partial charge on any atom is 0.453 e. The van der Waals surface area contributed by atoms with E-state index in [1.807, 2.05) is 7.05 Å². The molecule has 0 amide bonds. The number of ether oxygens (including phenoxy) is 1. The standard InChI is InChI=1S/C17H16F3N9O/c1-27-14-11(6-23-27)15(22-9-21-14)28-5-4-10(7-28)8-30-13-3-2-12-24-25-16(17(18,19)20)29(12)26-13/h2-3,6,9-10H,4-5,7-8H2,1H3. The molecule has 4 aromatic rings. The summed E-state index contributed by atoms with van der Waals surface area (Å²) >= 11 is 0. The number of alkyl halides is 3. The van der Waals surface area contributed by atoms with Gasteiger partial charge < -0.3 is 9.64 Å². The summed E-state index contributed by atoms with van der Waals surface area (Å²) in [4.78, 5) is 10.8. The van der Waals surface area contributed by atoms with Crippen molar-refractivity contribution in [1.29, 1.82) is 0 Å². The van der Waals surface area contributed by atoms with Crippen molar-refractivity contribution in [2.45, 2.75) is 12.6 Å². The first kappa shape index (κ1) is 18.5. The van der Waals surface area contributed by atoms with Gasteiger partial charge in [-0.15, -0.1) is 15.3 Å². The van der Waals surface area contributed by atoms with Crippen molar-refractivity contribution in [2.75, 3.05) is 24.6 Å². The van der Waals surface area contributed by atoms with E-state index in [4.69, 9.17) is 4.74 Å². The Balaban J connectivity index is 1.29. The maximum absolute atomic E-state index is 13.0. The molecule has 1 atom stereocenters. The van der Waals surface area contributed by atoms with E-state index < -0.39 is 12.0 Å². The number of hydrogen-bond donors (Lipinski definition) is 0. The molecule has 1 fully saturated rings. The van der Waals surface area contributed by atoms with Crippen LogP contribution >= 0.6 is 0 Å². The van der Waals surface area contributed by atoms with Crippen LogP contribution in [0, 0.1) is 5.92 Å². The molecule has 0 aliphatic carbocycles. The third-order valence-electron chi connectivity index (χ3n) is 5.05. The van der Waals surface area contributed by atoms with Crippen molar-refractivity contribution >= 4 is 22.5 Å². The number of halogens is 3. The highest BCUT2D eigenvalue weighted by atomic mass is 19.4. The molecule has 0 bridgehead atoms. The van der Waals surface area contributed by atoms with Crippen LogP contribution in [-0.4, -0.2) is 59.3 Å². The van der Waals surface area contributed by atoms with Crippen molar-refractivity contribution in [1.82, 2.24) is 39.6 Å². The van der Waals surface area contributed by atoms with E-state index in [2.05, 4.69) is 35.3 Å². The van der Waals surface area contributed by atoms with Crippen molar-refractivity contribution in [3.05, 3.63) is 30.5 Å². The fourth-order valence-electron chi connectivity index (χ4n) is 3.59. The quantitative estimate of drug-likeness (QED) is 0.493. The third-order valence-corrected chi connectivity index (χ3v) is 5.05. The highest BCUT2D eigenvalue weighted by molar-refractivity contribution is 5.86. The summed E-state index contributed by atoms with van der Waals surface area (Å²) in [6.07, 6.45) is -0.536. The van der Waals surface area contributed by atoms with Crippen LogP contribution in [0.25, 0.3) is 16.7 Å². The zero-order valence-electron chi connectivity index (χ0n) is 15.8. The first-order valence-corrected chi connectivity index (χ1v) is 9.20. The third kappa shape index (κ3) is 3.15. The van der Waals surface area contributed by atoms with Crippen LogP contribution in [0.4, 0.5) is 19.0 Å². The van der Waals surface area contributed by atoms with Crippen molar-refractivity contribution in [3.8, 4) is 5.88 Å². The minimum atomic E-state index is -4.65. The van der Waals surface area contributed by atoms with Crippen molar-refractivity contribution in [3.63, 3.8) is 0 Å². The summed E-state index contributed by atoms with van der Waals surface area (Å²) in [5, 5.41) is 15.6. The minimum absolute atomic E-state index is 0.00552. The topological polar surface area (TPSA) is 99.2 Å². The van der Waals surface area contributed by atoms with Gasteiger partial charge in [0.05, 0.1) is 18.2 Å². The summed E-state index contributed by atoms with van der Waals surface area (Å²) in [5.41, 5.74) is 0.762. The van der Waals surface area contributed by atoms with Crippen LogP contribution in [0.15, 0.2) is 24.7 Å². The first-order chi connectivity index (χ1) is 14.4. The molecule has 5 heterocycles. The number of nitrogens with zero attached hydrogens (tertiary/aromatic N) is 9. The van der Waals surface area contributed by atoms with Gasteiger partial charge in [-0.1, -0.05) is 0 Å². The van der Waals surface area contributed by atoms with Gasteiger partial charge in [0.2, 0.25) is 5.88 Å². The molecule has 1 aliphatic heterocycles. The molecule has 13 heteroatoms. The maximum atomic E-state index is 13.0. The van der Waals surface area contributed by atoms with Crippen LogP contribution < -0.4 is 9.64 Å². The summed E-state index contributed by atoms with van der Waals surface area (Å²) < 4.78 is 47.0. The lowest BCUT2D eigenvalue weighted by Crippen LogP contribution is -2.23. The number of hydrogen-bond acceptors (Lipinski definition) is 8. The van der Waals surface area contributed by atoms with Crippen molar-refractivity contribution in [2.24, 2.45) is 13.0 Å². The molecule has 0 N–H and O–H groups in total. The second-order valence-electron chi connectivity index (χ2n) is 7.08. The van der Waals surface area contributed by atoms with Crippen LogP contribution in [0.2, 0.25) is 0 Å². The normalized spacial score (nSPS) is 17.3. The van der Waals surface area contributed by atoms with E-state index in [0.29, 0.717) is 17.7 Å². The van der Waals surface area contributed by atoms with Gasteiger partial charge in [0.1, 0.15) is 12.1 Å². The molecule has 0 saturated carbocycles. The lowest BCUT2D eigenvalue weighted by Gasteiger charge is -2.18. The molecule has 0 radical (unpaired) electrons. The molecular formula is C17H16F3N9O. The first-order valence-electron chi connectivity index (χ1n) is 9.20. The number of aryl methyl sites for hydroxylation is 1. The summed E-state index contributed by atoms with van der Waals surface area (Å²) in [6, 6.07) is 2.88. The molecule has 1 unspecified atom stereocenters. The van der Waals surface area contributed by atoms with Crippen LogP contribution in [0.1, 0.15) is 12.2 Å². The smallest absolute Gasteiger partial charge is 0.453 e. The number of anilines is 1. The van der Waals surface area contributed by atoms with E-state index in [1.54, 1.807) is 10.9 Å². The molecular weight excluding hydrogens is 403 g/mol. The molecule has 4 aromatic heterocycles. The minimum Gasteiger partial charge on any atom is -0.476 e. The zero-order valence-corrected chi connectivity index (χ0v) is 15.8. The largest absolute Gasteiger partial charge is 0.476 e. The van der Waals surface area contributed by atoms with Gasteiger partial charge in [0.15, 0.2) is 11.3 Å². The fraction of sp³-hybridized carbons (Fsp3) is 0.412. The Bertz CT molecular complexity index is 1220. The average Bonchev–Trinajstić information content (AvgIpc) is 3.44. The molecule has 0 aromatic carbocycles. The summed E-state index contributed by atoms with van der Waals surface area (Å²) in [6.45, 7) is 1.80. The summed E-state index contributed by atoms with van der Waals surface area (Å²) in [5.74, 6) is -0.108. The van der Waals surface area contributed by atoms with E-state index >= 15 is 0 Å². The zero-order chi connectivity index (χ0) is 20.9. The van der Waals surface area contributed by atoms with Gasteiger partial charge in [0.25, 0.3) is 5.82 Å². The van der Waals surface area contributed by atoms with Crippen LogP contribution in [0.5, 0.6) is 5.88 Å². The molecule has 30 heavy (non-hydrogen) atoms. The number of aromatic nitrogens is 8. The molecule has 0 spiro atoms. The van der Waals surface area contributed by atoms with Gasteiger partial charge in [-0.05, 0) is 12.5 Å². The second-order valence-corrected chi connectivity index (χ2v) is 7.08. The van der Waals surface area contributed by atoms with Gasteiger partial charge in [0, 0.05) is 32.1 Å². The highest BCUT2D eigenvalue weighted by Gasteiger charge is 2.37. The predicted molar refractivity (Wildman–Crippen MR) is 97.9 cm³/mol. The Hall–Kier alpha value is -3.51. The van der Waals surface area contributed by atoms with Gasteiger partial charge in [-0.3, -0.25) is 4.68 Å². The number of fused-ring (bicyclic) bond motifs is 2. The lowest BCUT2D eigenvalue weighted by molar-refractivity contribution is -0.146. The predicted octanol–water partition coefficient (Wildman–Crippen LogP) is 1.73.